The molecule has 0 atom stereocenters. The molecule has 0 bridgehead atoms. The van der Waals surface area contributed by atoms with E-state index in [0.717, 1.165) is 36.1 Å². The summed E-state index contributed by atoms with van der Waals surface area (Å²) in [5, 5.41) is 3.89. The molecule has 0 fully saturated rings. The van der Waals surface area contributed by atoms with Crippen LogP contribution in [0, 0.1) is 0 Å². The van der Waals surface area contributed by atoms with Crippen LogP contribution in [0.5, 0.6) is 0 Å². The number of rotatable bonds is 5. The molecule has 8 heteroatoms. The lowest BCUT2D eigenvalue weighted by atomic mass is 9.97. The molecule has 0 saturated carbocycles. The van der Waals surface area contributed by atoms with E-state index >= 15 is 0 Å². The van der Waals surface area contributed by atoms with Gasteiger partial charge in [-0.1, -0.05) is 48.0 Å². The molecule has 0 spiro atoms. The summed E-state index contributed by atoms with van der Waals surface area (Å²) in [5.74, 6) is -0.320. The van der Waals surface area contributed by atoms with Crippen LogP contribution in [0.2, 0.25) is 5.02 Å². The van der Waals surface area contributed by atoms with Crippen LogP contribution in [0.3, 0.4) is 0 Å². The average Bonchev–Trinajstić information content (AvgIpc) is 3.21. The third-order valence-electron chi connectivity index (χ3n) is 5.96. The SMILES string of the molecule is O=C(Cn1c(=O)n(Cc2ccccc2Cl)c(=O)c2c3c(sc21)CCCC3)Nc1ccccc1. The van der Waals surface area contributed by atoms with E-state index < -0.39 is 5.69 Å². The number of benzene rings is 2. The monoisotopic (exact) mass is 479 g/mol. The maximum Gasteiger partial charge on any atom is 0.332 e. The second-order valence-electron chi connectivity index (χ2n) is 8.16. The van der Waals surface area contributed by atoms with E-state index in [4.69, 9.17) is 11.6 Å². The lowest BCUT2D eigenvalue weighted by Gasteiger charge is -2.14. The highest BCUT2D eigenvalue weighted by Crippen LogP contribution is 2.34. The number of carbonyl (C=O) groups excluding carboxylic acids is 1. The molecule has 1 aliphatic rings. The summed E-state index contributed by atoms with van der Waals surface area (Å²) in [4.78, 5) is 41.6. The van der Waals surface area contributed by atoms with Gasteiger partial charge in [-0.05, 0) is 55.0 Å². The van der Waals surface area contributed by atoms with Crippen molar-refractivity contribution in [2.45, 2.75) is 38.8 Å². The second kappa shape index (κ2) is 9.00. The van der Waals surface area contributed by atoms with Crippen molar-refractivity contribution in [2.75, 3.05) is 5.32 Å². The van der Waals surface area contributed by atoms with E-state index in [0.29, 0.717) is 26.5 Å². The van der Waals surface area contributed by atoms with Crippen molar-refractivity contribution in [3.8, 4) is 0 Å². The number of halogens is 1. The summed E-state index contributed by atoms with van der Waals surface area (Å²) in [7, 11) is 0. The van der Waals surface area contributed by atoms with Gasteiger partial charge in [0.05, 0.1) is 11.9 Å². The standard InChI is InChI=1S/C25H22ClN3O3S/c26-19-12-6-4-8-16(19)14-28-23(31)22-18-11-5-7-13-20(18)33-24(22)29(25(28)32)15-21(30)27-17-9-2-1-3-10-17/h1-4,6,8-10,12H,5,7,11,13-15H2,(H,27,30). The van der Waals surface area contributed by atoms with Crippen LogP contribution in [-0.2, 0) is 30.7 Å². The van der Waals surface area contributed by atoms with Crippen LogP contribution in [0.1, 0.15) is 28.8 Å². The van der Waals surface area contributed by atoms with Crippen LogP contribution in [-0.4, -0.2) is 15.0 Å². The van der Waals surface area contributed by atoms with Crippen molar-refractivity contribution in [1.82, 2.24) is 9.13 Å². The lowest BCUT2D eigenvalue weighted by molar-refractivity contribution is -0.116. The number of hydrogen-bond donors (Lipinski definition) is 1. The fourth-order valence-corrected chi connectivity index (χ4v) is 5.93. The Morgan fingerprint density at radius 3 is 2.48 bits per heavy atom. The number of para-hydroxylation sites is 1. The zero-order valence-corrected chi connectivity index (χ0v) is 19.4. The number of hydrogen-bond acceptors (Lipinski definition) is 4. The fraction of sp³-hybridized carbons (Fsp3) is 0.240. The minimum Gasteiger partial charge on any atom is -0.325 e. The Morgan fingerprint density at radius 2 is 1.70 bits per heavy atom. The summed E-state index contributed by atoms with van der Waals surface area (Å²) in [6.07, 6.45) is 3.77. The predicted octanol–water partition coefficient (Wildman–Crippen LogP) is 4.44. The van der Waals surface area contributed by atoms with Crippen LogP contribution in [0.15, 0.2) is 64.2 Å². The van der Waals surface area contributed by atoms with E-state index in [9.17, 15) is 14.4 Å². The van der Waals surface area contributed by atoms with Crippen molar-refractivity contribution in [1.29, 1.82) is 0 Å². The number of carbonyl (C=O) groups is 1. The molecule has 1 amide bonds. The smallest absolute Gasteiger partial charge is 0.325 e. The number of aryl methyl sites for hydroxylation is 2. The normalized spacial score (nSPS) is 13.1. The highest BCUT2D eigenvalue weighted by molar-refractivity contribution is 7.18. The van der Waals surface area contributed by atoms with Gasteiger partial charge < -0.3 is 5.32 Å². The molecule has 33 heavy (non-hydrogen) atoms. The molecule has 0 unspecified atom stereocenters. The van der Waals surface area contributed by atoms with Gasteiger partial charge in [0.1, 0.15) is 11.4 Å². The third kappa shape index (κ3) is 4.14. The van der Waals surface area contributed by atoms with Crippen LogP contribution >= 0.6 is 22.9 Å². The van der Waals surface area contributed by atoms with E-state index in [1.54, 1.807) is 30.3 Å². The second-order valence-corrected chi connectivity index (χ2v) is 9.65. The summed E-state index contributed by atoms with van der Waals surface area (Å²) in [6.45, 7) is -0.120. The quantitative estimate of drug-likeness (QED) is 0.459. The number of fused-ring (bicyclic) bond motifs is 3. The molecule has 2 aromatic heterocycles. The molecule has 168 valence electrons. The molecular weight excluding hydrogens is 458 g/mol. The first-order valence-corrected chi connectivity index (χ1v) is 12.1. The van der Waals surface area contributed by atoms with Gasteiger partial charge in [0.15, 0.2) is 0 Å². The molecule has 0 saturated heterocycles. The Bertz CT molecular complexity index is 1470. The van der Waals surface area contributed by atoms with Gasteiger partial charge >= 0.3 is 5.69 Å². The number of thiophene rings is 1. The summed E-state index contributed by atoms with van der Waals surface area (Å²) >= 11 is 7.78. The van der Waals surface area contributed by atoms with E-state index in [-0.39, 0.29) is 24.6 Å². The minimum atomic E-state index is -0.505. The first kappa shape index (κ1) is 21.7. The van der Waals surface area contributed by atoms with Crippen LogP contribution in [0.4, 0.5) is 5.69 Å². The van der Waals surface area contributed by atoms with E-state index in [2.05, 4.69) is 5.32 Å². The Kier molecular flexibility index (Phi) is 5.91. The average molecular weight is 480 g/mol. The molecule has 1 N–H and O–H groups in total. The van der Waals surface area contributed by atoms with Crippen LogP contribution in [0.25, 0.3) is 10.2 Å². The molecule has 5 rings (SSSR count). The van der Waals surface area contributed by atoms with Crippen molar-refractivity contribution in [3.05, 3.63) is 96.5 Å². The Labute approximate surface area is 199 Å². The summed E-state index contributed by atoms with van der Waals surface area (Å²) < 4.78 is 2.65. The topological polar surface area (TPSA) is 73.1 Å². The highest BCUT2D eigenvalue weighted by Gasteiger charge is 2.24. The number of amides is 1. The number of nitrogens with one attached hydrogen (secondary N) is 1. The zero-order chi connectivity index (χ0) is 22.9. The first-order chi connectivity index (χ1) is 16.0. The van der Waals surface area contributed by atoms with Crippen molar-refractivity contribution in [2.24, 2.45) is 0 Å². The molecule has 0 aliphatic heterocycles. The maximum absolute atomic E-state index is 13.5. The van der Waals surface area contributed by atoms with Gasteiger partial charge in [-0.2, -0.15) is 0 Å². The van der Waals surface area contributed by atoms with Crippen molar-refractivity contribution >= 4 is 44.7 Å². The number of anilines is 1. The Balaban J connectivity index is 1.64. The van der Waals surface area contributed by atoms with E-state index in [1.807, 2.05) is 24.3 Å². The van der Waals surface area contributed by atoms with Gasteiger partial charge in [0.25, 0.3) is 5.56 Å². The van der Waals surface area contributed by atoms with Crippen molar-refractivity contribution < 1.29 is 4.79 Å². The van der Waals surface area contributed by atoms with Gasteiger partial charge in [-0.25, -0.2) is 4.79 Å². The van der Waals surface area contributed by atoms with Crippen molar-refractivity contribution in [3.63, 3.8) is 0 Å². The lowest BCUT2D eigenvalue weighted by Crippen LogP contribution is -2.41. The van der Waals surface area contributed by atoms with Gasteiger partial charge in [-0.3, -0.25) is 18.7 Å². The molecule has 0 radical (unpaired) electrons. The summed E-state index contributed by atoms with van der Waals surface area (Å²) in [6, 6.07) is 16.3. The summed E-state index contributed by atoms with van der Waals surface area (Å²) in [5.41, 5.74) is 1.54. The third-order valence-corrected chi connectivity index (χ3v) is 7.65. The molecular formula is C25H22ClN3O3S. The van der Waals surface area contributed by atoms with Crippen LogP contribution < -0.4 is 16.6 Å². The number of aromatic nitrogens is 2. The largest absolute Gasteiger partial charge is 0.332 e. The highest BCUT2D eigenvalue weighted by atomic mass is 35.5. The number of nitrogens with zero attached hydrogens (tertiary/aromatic N) is 2. The molecule has 2 aromatic carbocycles. The molecule has 6 nitrogen and oxygen atoms in total. The first-order valence-electron chi connectivity index (χ1n) is 10.9. The Morgan fingerprint density at radius 1 is 0.970 bits per heavy atom. The van der Waals surface area contributed by atoms with E-state index in [1.165, 1.54) is 20.5 Å². The molecule has 2 heterocycles. The van der Waals surface area contributed by atoms with Gasteiger partial charge in [0.2, 0.25) is 5.91 Å². The maximum atomic E-state index is 13.5. The predicted molar refractivity (Wildman–Crippen MR) is 133 cm³/mol. The van der Waals surface area contributed by atoms with Gasteiger partial charge in [0, 0.05) is 15.6 Å². The zero-order valence-electron chi connectivity index (χ0n) is 17.8. The minimum absolute atomic E-state index is 0.0538. The molecule has 1 aliphatic carbocycles. The fourth-order valence-electron chi connectivity index (χ4n) is 4.36. The Hall–Kier alpha value is -3.16. The van der Waals surface area contributed by atoms with Gasteiger partial charge in [-0.15, -0.1) is 11.3 Å². The molecule has 4 aromatic rings.